The van der Waals surface area contributed by atoms with Gasteiger partial charge in [-0.3, -0.25) is 4.90 Å². The lowest BCUT2D eigenvalue weighted by molar-refractivity contribution is 0.192. The number of nitrogens with one attached hydrogen (secondary N) is 3. The zero-order valence-electron chi connectivity index (χ0n) is 52.6. The Balaban J connectivity index is 0.938. The van der Waals surface area contributed by atoms with Crippen molar-refractivity contribution in [2.75, 3.05) is 80.6 Å². The van der Waals surface area contributed by atoms with Gasteiger partial charge < -0.3 is 58.6 Å². The second-order valence-corrected chi connectivity index (χ2v) is 23.9. The summed E-state index contributed by atoms with van der Waals surface area (Å²) in [4.78, 5) is 2.69. The number of benzene rings is 9. The fraction of sp³-hybridized carbons (Fsp3) is 0.308. The molecule has 12 aliphatic heterocycles. The highest BCUT2D eigenvalue weighted by atomic mass is 16.6. The van der Waals surface area contributed by atoms with Crippen LogP contribution >= 0.6 is 0 Å². The highest BCUT2D eigenvalue weighted by Crippen LogP contribution is 2.41. The summed E-state index contributed by atoms with van der Waals surface area (Å²) >= 11 is 0. The summed E-state index contributed by atoms with van der Waals surface area (Å²) in [5.74, 6) is 6.16. The van der Waals surface area contributed by atoms with Gasteiger partial charge in [-0.2, -0.15) is 0 Å². The molecule has 91 heavy (non-hydrogen) atoms. The molecule has 1 aliphatic carbocycles. The van der Waals surface area contributed by atoms with Crippen molar-refractivity contribution in [2.24, 2.45) is 0 Å². The zero-order chi connectivity index (χ0) is 62.0. The van der Waals surface area contributed by atoms with Crippen molar-refractivity contribution in [1.29, 1.82) is 0 Å². The van der Waals surface area contributed by atoms with E-state index in [1.54, 1.807) is 21.3 Å². The molecule has 9 aromatic rings. The Hall–Kier alpha value is -8.98. The van der Waals surface area contributed by atoms with E-state index in [1.165, 1.54) is 33.4 Å². The van der Waals surface area contributed by atoms with Crippen LogP contribution in [0.2, 0.25) is 0 Å². The van der Waals surface area contributed by atoms with Gasteiger partial charge in [-0.15, -0.1) is 0 Å². The molecule has 22 rings (SSSR count). The molecule has 13 nitrogen and oxygen atoms in total. The summed E-state index contributed by atoms with van der Waals surface area (Å²) < 4.78 is 57.2. The number of hydrogen-bond acceptors (Lipinski definition) is 13. The molecule has 0 amide bonds. The van der Waals surface area contributed by atoms with E-state index in [0.717, 1.165) is 89.5 Å². The zero-order valence-corrected chi connectivity index (χ0v) is 52.6. The molecule has 0 aromatic heterocycles. The van der Waals surface area contributed by atoms with Crippen LogP contribution in [0.15, 0.2) is 200 Å². The predicted octanol–water partition coefficient (Wildman–Crippen LogP) is 12.6. The van der Waals surface area contributed by atoms with Crippen molar-refractivity contribution in [1.82, 2.24) is 20.9 Å². The molecule has 0 saturated carbocycles. The van der Waals surface area contributed by atoms with E-state index in [4.69, 9.17) is 42.6 Å². The Morgan fingerprint density at radius 3 is 0.868 bits per heavy atom. The van der Waals surface area contributed by atoms with Crippen molar-refractivity contribution in [3.05, 3.63) is 267 Å². The van der Waals surface area contributed by atoms with Gasteiger partial charge >= 0.3 is 0 Å². The van der Waals surface area contributed by atoms with E-state index in [9.17, 15) is 0 Å². The molecule has 0 saturated heterocycles. The van der Waals surface area contributed by atoms with Crippen LogP contribution in [0.3, 0.4) is 0 Å². The molecule has 0 unspecified atom stereocenters. The molecule has 13 heteroatoms. The molecule has 16 bridgehead atoms. The van der Waals surface area contributed by atoms with Crippen LogP contribution in [0.5, 0.6) is 51.7 Å². The third kappa shape index (κ3) is 17.3. The Kier molecular flexibility index (Phi) is 21.3. The number of nitrogens with zero attached hydrogens (tertiary/aromatic N) is 1. The van der Waals surface area contributed by atoms with E-state index in [2.05, 4.69) is 221 Å². The second-order valence-electron chi connectivity index (χ2n) is 23.9. The lowest BCUT2D eigenvalue weighted by Crippen LogP contribution is -2.52. The minimum absolute atomic E-state index is 0.102. The third-order valence-corrected chi connectivity index (χ3v) is 17.4. The standard InChI is InChI=1S/C78H84N4O9/c1-83-73-43-61-40-65-47-77-75(85-3)45-63(65)42-66-48-78-74(84-2)44-62(66)41-64(61)46-76(73)89-34-31-86-70-25-19-58(20-26-70)49-79-67(37-55-13-7-4-8-14-55)52-82(53-68(38-56-15-9-5-10-16-56)80-50-59-21-27-71(28-22-59)87-32-35-90-77)54-69(39-57-17-11-6-12-18-57)81-51-60-23-29-72(30-24-60)88-33-36-91-78/h4-30,43-48,67-69,79-81H,31-42,49-54H2,1-3H3/t67-,68-,69-/m1/s1. The summed E-state index contributed by atoms with van der Waals surface area (Å²) in [5, 5.41) is 12.2. The molecule has 0 spiro atoms. The lowest BCUT2D eigenvalue weighted by Gasteiger charge is -2.35. The topological polar surface area (TPSA) is 122 Å². The monoisotopic (exact) mass is 1220 g/mol. The van der Waals surface area contributed by atoms with Crippen molar-refractivity contribution in [3.63, 3.8) is 0 Å². The van der Waals surface area contributed by atoms with Gasteiger partial charge in [0.1, 0.15) is 56.9 Å². The molecule has 470 valence electrons. The van der Waals surface area contributed by atoms with Crippen molar-refractivity contribution in [3.8, 4) is 51.7 Å². The summed E-state index contributed by atoms with van der Waals surface area (Å²) in [5.41, 5.74) is 14.0. The maximum absolute atomic E-state index is 6.58. The van der Waals surface area contributed by atoms with Gasteiger partial charge in [-0.05, 0) is 178 Å². The van der Waals surface area contributed by atoms with Crippen LogP contribution in [-0.2, 0) is 58.2 Å². The van der Waals surface area contributed by atoms with Gasteiger partial charge in [0, 0.05) is 57.4 Å². The van der Waals surface area contributed by atoms with Crippen LogP contribution in [0, 0.1) is 0 Å². The second kappa shape index (κ2) is 31.2. The van der Waals surface area contributed by atoms with Gasteiger partial charge in [0.15, 0.2) is 34.5 Å². The molecule has 12 heterocycles. The van der Waals surface area contributed by atoms with E-state index in [0.29, 0.717) is 113 Å². The normalized spacial score (nSPS) is 18.4. The fourth-order valence-corrected chi connectivity index (χ4v) is 12.6. The lowest BCUT2D eigenvalue weighted by atomic mass is 9.94. The van der Waals surface area contributed by atoms with Gasteiger partial charge in [0.05, 0.1) is 21.3 Å². The van der Waals surface area contributed by atoms with Crippen LogP contribution in [0.25, 0.3) is 0 Å². The Morgan fingerprint density at radius 1 is 0.330 bits per heavy atom. The van der Waals surface area contributed by atoms with Crippen LogP contribution in [0.1, 0.15) is 66.8 Å². The van der Waals surface area contributed by atoms with E-state index >= 15 is 0 Å². The van der Waals surface area contributed by atoms with E-state index in [-0.39, 0.29) is 18.1 Å². The molecule has 0 radical (unpaired) electrons. The highest BCUT2D eigenvalue weighted by Gasteiger charge is 2.26. The molecule has 13 aliphatic rings. The molecule has 3 atom stereocenters. The van der Waals surface area contributed by atoms with Gasteiger partial charge in [0.2, 0.25) is 0 Å². The fourth-order valence-electron chi connectivity index (χ4n) is 12.6. The van der Waals surface area contributed by atoms with E-state index in [1.807, 2.05) is 0 Å². The van der Waals surface area contributed by atoms with E-state index < -0.39 is 0 Å². The third-order valence-electron chi connectivity index (χ3n) is 17.4. The maximum atomic E-state index is 6.58. The van der Waals surface area contributed by atoms with Crippen LogP contribution in [-0.4, -0.2) is 104 Å². The number of ether oxygens (including phenoxy) is 9. The predicted molar refractivity (Wildman–Crippen MR) is 358 cm³/mol. The summed E-state index contributed by atoms with van der Waals surface area (Å²) in [6.45, 7) is 6.37. The Labute approximate surface area is 536 Å². The molecule has 3 N–H and O–H groups in total. The SMILES string of the molecule is COc1cc2c3cc1OCCOc1ccc(cc1)CN[C@H](Cc1ccccc1)CN1C[C@@H](Cc4ccccc4)NCc4ccc(cc4)OCCOc4cc(c(cc4OC)C3)Cc3cc(OC)c(cc3C2)OCCOc2ccc(cc2)CN[C@H](Cc2ccccc2)C1. The van der Waals surface area contributed by atoms with Crippen LogP contribution < -0.4 is 58.6 Å². The summed E-state index contributed by atoms with van der Waals surface area (Å²) in [7, 11) is 5.07. The largest absolute Gasteiger partial charge is 0.493 e. The first-order valence-corrected chi connectivity index (χ1v) is 32.0. The maximum Gasteiger partial charge on any atom is 0.161 e. The first-order chi connectivity index (χ1) is 44.8. The van der Waals surface area contributed by atoms with Crippen molar-refractivity contribution < 1.29 is 42.6 Å². The smallest absolute Gasteiger partial charge is 0.161 e. The molecule has 0 fully saturated rings. The minimum Gasteiger partial charge on any atom is -0.493 e. The van der Waals surface area contributed by atoms with Crippen molar-refractivity contribution >= 4 is 0 Å². The highest BCUT2D eigenvalue weighted by molar-refractivity contribution is 5.58. The molecule has 9 aromatic carbocycles. The molecular weight excluding hydrogens is 1140 g/mol. The number of fused-ring (bicyclic) bond motifs is 1. The summed E-state index contributed by atoms with van der Waals surface area (Å²) in [6.07, 6.45) is 4.37. The average molecular weight is 1220 g/mol. The minimum atomic E-state index is 0.102. The molecular formula is C78H84N4O9. The number of methoxy groups -OCH3 is 3. The quantitative estimate of drug-likeness (QED) is 0.127. The Morgan fingerprint density at radius 2 is 0.593 bits per heavy atom. The number of rotatable bonds is 9. The summed E-state index contributed by atoms with van der Waals surface area (Å²) in [6, 6.07) is 71.0. The van der Waals surface area contributed by atoms with Gasteiger partial charge in [-0.25, -0.2) is 0 Å². The first kappa shape index (κ1) is 62.2. The first-order valence-electron chi connectivity index (χ1n) is 32.0. The van der Waals surface area contributed by atoms with Crippen LogP contribution in [0.4, 0.5) is 0 Å². The van der Waals surface area contributed by atoms with Gasteiger partial charge in [0.25, 0.3) is 0 Å². The average Bonchev–Trinajstić information content (AvgIpc) is 2.55. The van der Waals surface area contributed by atoms with Gasteiger partial charge in [-0.1, -0.05) is 127 Å². The Bertz CT molecular complexity index is 3350. The van der Waals surface area contributed by atoms with Crippen molar-refractivity contribution in [2.45, 2.75) is 76.3 Å². The number of hydrogen-bond donors (Lipinski definition) is 3.